The lowest BCUT2D eigenvalue weighted by atomic mass is 10.0. The van der Waals surface area contributed by atoms with Crippen LogP contribution in [0.2, 0.25) is 0 Å². The fourth-order valence-corrected chi connectivity index (χ4v) is 2.39. The summed E-state index contributed by atoms with van der Waals surface area (Å²) in [6, 6.07) is 14.8. The van der Waals surface area contributed by atoms with Gasteiger partial charge < -0.3 is 20.3 Å². The minimum Gasteiger partial charge on any atom is -0.492 e. The molecule has 134 valence electrons. The van der Waals surface area contributed by atoms with Crippen molar-refractivity contribution in [3.05, 3.63) is 59.7 Å². The molecule has 2 rings (SSSR count). The van der Waals surface area contributed by atoms with E-state index < -0.39 is 12.1 Å². The Bertz CT molecular complexity index is 665. The highest BCUT2D eigenvalue weighted by molar-refractivity contribution is 5.73. The summed E-state index contributed by atoms with van der Waals surface area (Å²) in [5.41, 5.74) is 7.45. The van der Waals surface area contributed by atoms with Crippen LogP contribution in [0.25, 0.3) is 0 Å². The molecule has 2 aromatic rings. The van der Waals surface area contributed by atoms with Crippen LogP contribution in [0, 0.1) is 0 Å². The molecule has 5 nitrogen and oxygen atoms in total. The molecular weight excluding hydrogens is 318 g/mol. The quantitative estimate of drug-likeness (QED) is 0.730. The zero-order valence-corrected chi connectivity index (χ0v) is 14.6. The first kappa shape index (κ1) is 18.8. The van der Waals surface area contributed by atoms with Crippen molar-refractivity contribution >= 4 is 5.97 Å². The summed E-state index contributed by atoms with van der Waals surface area (Å²) in [7, 11) is 0. The van der Waals surface area contributed by atoms with E-state index in [4.69, 9.17) is 15.2 Å². The van der Waals surface area contributed by atoms with Crippen molar-refractivity contribution in [2.75, 3.05) is 13.2 Å². The highest BCUT2D eigenvalue weighted by atomic mass is 16.5. The molecule has 0 fully saturated rings. The van der Waals surface area contributed by atoms with Crippen molar-refractivity contribution in [3.8, 4) is 11.5 Å². The number of carboxylic acids is 1. The number of nitrogens with two attached hydrogens (primary N) is 1. The van der Waals surface area contributed by atoms with Gasteiger partial charge in [-0.25, -0.2) is 4.79 Å². The van der Waals surface area contributed by atoms with Crippen molar-refractivity contribution in [2.24, 2.45) is 5.73 Å². The predicted octanol–water partition coefficient (Wildman–Crippen LogP) is 3.22. The number of carboxylic acid groups (broad SMARTS) is 1. The minimum absolute atomic E-state index is 0.276. The van der Waals surface area contributed by atoms with Crippen LogP contribution in [0.5, 0.6) is 11.5 Å². The molecule has 25 heavy (non-hydrogen) atoms. The third-order valence-electron chi connectivity index (χ3n) is 3.83. The Morgan fingerprint density at radius 2 is 1.64 bits per heavy atom. The van der Waals surface area contributed by atoms with Crippen LogP contribution in [-0.4, -0.2) is 30.3 Å². The van der Waals surface area contributed by atoms with Gasteiger partial charge in [0.05, 0.1) is 0 Å². The monoisotopic (exact) mass is 343 g/mol. The second-order valence-electron chi connectivity index (χ2n) is 6.15. The van der Waals surface area contributed by atoms with E-state index >= 15 is 0 Å². The van der Waals surface area contributed by atoms with Gasteiger partial charge in [-0.3, -0.25) is 0 Å². The van der Waals surface area contributed by atoms with Crippen molar-refractivity contribution < 1.29 is 19.4 Å². The third-order valence-corrected chi connectivity index (χ3v) is 3.83. The fraction of sp³-hybridized carbons (Fsp3) is 0.350. The van der Waals surface area contributed by atoms with Gasteiger partial charge in [0.2, 0.25) is 0 Å². The summed E-state index contributed by atoms with van der Waals surface area (Å²) < 4.78 is 11.1. The van der Waals surface area contributed by atoms with Crippen LogP contribution in [0.3, 0.4) is 0 Å². The van der Waals surface area contributed by atoms with Crippen molar-refractivity contribution in [1.82, 2.24) is 0 Å². The van der Waals surface area contributed by atoms with E-state index in [1.165, 1.54) is 5.56 Å². The van der Waals surface area contributed by atoms with Crippen LogP contribution >= 0.6 is 0 Å². The molecule has 0 amide bonds. The first-order valence-electron chi connectivity index (χ1n) is 8.41. The normalized spacial score (nSPS) is 12.0. The first-order chi connectivity index (χ1) is 12.0. The smallest absolute Gasteiger partial charge is 0.345 e. The van der Waals surface area contributed by atoms with Gasteiger partial charge in [-0.2, -0.15) is 0 Å². The number of hydrogen-bond acceptors (Lipinski definition) is 4. The summed E-state index contributed by atoms with van der Waals surface area (Å²) in [6.45, 7) is 5.12. The largest absolute Gasteiger partial charge is 0.492 e. The summed E-state index contributed by atoms with van der Waals surface area (Å²) in [5, 5.41) is 9.45. The summed E-state index contributed by atoms with van der Waals surface area (Å²) >= 11 is 0. The lowest BCUT2D eigenvalue weighted by molar-refractivity contribution is -0.145. The molecule has 0 saturated heterocycles. The summed E-state index contributed by atoms with van der Waals surface area (Å²) in [6.07, 6.45) is -0.668. The standard InChI is InChI=1S/C20H25NO4/c1-14(2)16-5-9-18(10-6-16)25-19(20(22)23)13-15-3-7-17(8-4-15)24-12-11-21/h3-10,14,19H,11-13,21H2,1-2H3,(H,22,23). The van der Waals surface area contributed by atoms with Gasteiger partial charge in [0.25, 0.3) is 0 Å². The zero-order valence-electron chi connectivity index (χ0n) is 14.6. The van der Waals surface area contributed by atoms with Crippen molar-refractivity contribution in [1.29, 1.82) is 0 Å². The Morgan fingerprint density at radius 3 is 2.16 bits per heavy atom. The molecule has 5 heteroatoms. The highest BCUT2D eigenvalue weighted by Crippen LogP contribution is 2.21. The van der Waals surface area contributed by atoms with Crippen LogP contribution < -0.4 is 15.2 Å². The lowest BCUT2D eigenvalue weighted by Crippen LogP contribution is -2.29. The van der Waals surface area contributed by atoms with Gasteiger partial charge >= 0.3 is 5.97 Å². The molecule has 0 saturated carbocycles. The van der Waals surface area contributed by atoms with E-state index in [-0.39, 0.29) is 6.42 Å². The second kappa shape index (κ2) is 9.08. The Morgan fingerprint density at radius 1 is 1.04 bits per heavy atom. The average molecular weight is 343 g/mol. The lowest BCUT2D eigenvalue weighted by Gasteiger charge is -2.16. The number of benzene rings is 2. The molecule has 2 aromatic carbocycles. The predicted molar refractivity (Wildman–Crippen MR) is 97.3 cm³/mol. The molecule has 0 heterocycles. The van der Waals surface area contributed by atoms with E-state index in [0.29, 0.717) is 30.6 Å². The third kappa shape index (κ3) is 5.80. The number of hydrogen-bond donors (Lipinski definition) is 2. The molecule has 0 aliphatic heterocycles. The van der Waals surface area contributed by atoms with E-state index in [1.807, 2.05) is 36.4 Å². The van der Waals surface area contributed by atoms with Gasteiger partial charge in [0.15, 0.2) is 6.10 Å². The molecule has 0 aliphatic rings. The van der Waals surface area contributed by atoms with Gasteiger partial charge in [-0.15, -0.1) is 0 Å². The highest BCUT2D eigenvalue weighted by Gasteiger charge is 2.20. The van der Waals surface area contributed by atoms with E-state index in [0.717, 1.165) is 5.56 Å². The minimum atomic E-state index is -0.989. The van der Waals surface area contributed by atoms with E-state index in [1.54, 1.807) is 12.1 Å². The maximum Gasteiger partial charge on any atom is 0.345 e. The van der Waals surface area contributed by atoms with Crippen LogP contribution in [0.15, 0.2) is 48.5 Å². The van der Waals surface area contributed by atoms with Gasteiger partial charge in [0.1, 0.15) is 18.1 Å². The molecule has 1 unspecified atom stereocenters. The van der Waals surface area contributed by atoms with Gasteiger partial charge in [-0.1, -0.05) is 38.1 Å². The van der Waals surface area contributed by atoms with Crippen LogP contribution in [0.1, 0.15) is 30.9 Å². The second-order valence-corrected chi connectivity index (χ2v) is 6.15. The topological polar surface area (TPSA) is 81.8 Å². The Hall–Kier alpha value is -2.53. The molecule has 0 aromatic heterocycles. The number of rotatable bonds is 9. The van der Waals surface area contributed by atoms with Crippen LogP contribution in [-0.2, 0) is 11.2 Å². The number of carbonyl (C=O) groups is 1. The number of ether oxygens (including phenoxy) is 2. The van der Waals surface area contributed by atoms with Crippen molar-refractivity contribution in [2.45, 2.75) is 32.3 Å². The fourth-order valence-electron chi connectivity index (χ4n) is 2.39. The molecular formula is C20H25NO4. The number of aliphatic carboxylic acids is 1. The van der Waals surface area contributed by atoms with Gasteiger partial charge in [0, 0.05) is 13.0 Å². The van der Waals surface area contributed by atoms with E-state index in [9.17, 15) is 9.90 Å². The zero-order chi connectivity index (χ0) is 18.2. The Kier molecular flexibility index (Phi) is 6.83. The molecule has 3 N–H and O–H groups in total. The maximum absolute atomic E-state index is 11.5. The first-order valence-corrected chi connectivity index (χ1v) is 8.41. The SMILES string of the molecule is CC(C)c1ccc(OC(Cc2ccc(OCCN)cc2)C(=O)O)cc1. The average Bonchev–Trinajstić information content (AvgIpc) is 2.61. The molecule has 1 atom stereocenters. The van der Waals surface area contributed by atoms with Crippen molar-refractivity contribution in [3.63, 3.8) is 0 Å². The molecule has 0 bridgehead atoms. The molecule has 0 radical (unpaired) electrons. The van der Waals surface area contributed by atoms with Gasteiger partial charge in [-0.05, 0) is 41.3 Å². The van der Waals surface area contributed by atoms with E-state index in [2.05, 4.69) is 13.8 Å². The summed E-state index contributed by atoms with van der Waals surface area (Å²) in [5.74, 6) is 0.701. The summed E-state index contributed by atoms with van der Waals surface area (Å²) in [4.78, 5) is 11.5. The Labute approximate surface area is 148 Å². The van der Waals surface area contributed by atoms with Crippen LogP contribution in [0.4, 0.5) is 0 Å². The Balaban J connectivity index is 2.01. The molecule has 0 spiro atoms. The molecule has 0 aliphatic carbocycles. The maximum atomic E-state index is 11.5.